The van der Waals surface area contributed by atoms with Gasteiger partial charge >= 0.3 is 0 Å². The van der Waals surface area contributed by atoms with E-state index in [2.05, 4.69) is 13.8 Å². The molecule has 23 heavy (non-hydrogen) atoms. The Hall–Kier alpha value is -0.0800. The van der Waals surface area contributed by atoms with E-state index in [1.54, 1.807) is 0 Å². The molecule has 4 fully saturated rings. The van der Waals surface area contributed by atoms with E-state index in [1.807, 2.05) is 0 Å². The van der Waals surface area contributed by atoms with Gasteiger partial charge in [0.1, 0.15) is 0 Å². The predicted molar refractivity (Wildman–Crippen MR) is 92.9 cm³/mol. The largest absolute Gasteiger partial charge is 0.394 e. The molecule has 0 bridgehead atoms. The number of aliphatic hydroxyl groups is 2. The van der Waals surface area contributed by atoms with Crippen LogP contribution in [-0.2, 0) is 0 Å². The molecule has 0 spiro atoms. The number of aliphatic hydroxyl groups excluding tert-OH is 2. The molecular formula is C21H36O2. The van der Waals surface area contributed by atoms with Gasteiger partial charge < -0.3 is 10.2 Å². The molecule has 2 nitrogen and oxygen atoms in total. The highest BCUT2D eigenvalue weighted by Crippen LogP contribution is 2.67. The minimum Gasteiger partial charge on any atom is -0.394 e. The number of fused-ring (bicyclic) bond motifs is 5. The Labute approximate surface area is 142 Å². The van der Waals surface area contributed by atoms with Crippen LogP contribution in [0.3, 0.4) is 0 Å². The molecular weight excluding hydrogens is 284 g/mol. The summed E-state index contributed by atoms with van der Waals surface area (Å²) in [6, 6.07) is 0. The highest BCUT2D eigenvalue weighted by atomic mass is 16.3. The average Bonchev–Trinajstić information content (AvgIpc) is 2.91. The standard InChI is InChI=1S/C21H36O2/c1-20-11-4-3-5-14(20)6-7-15-16-8-9-18(19(23)13-22)21(16,2)12-10-17(15)20/h14-19,22-23H,3-13H2,1-2H3/t14?,15-,16-,17-,18+,19?,20-,21-/m0/s1. The quantitative estimate of drug-likeness (QED) is 0.792. The second-order valence-corrected chi connectivity index (χ2v) is 9.88. The molecule has 4 aliphatic carbocycles. The van der Waals surface area contributed by atoms with Crippen molar-refractivity contribution in [2.24, 2.45) is 40.4 Å². The molecule has 0 saturated heterocycles. The summed E-state index contributed by atoms with van der Waals surface area (Å²) in [4.78, 5) is 0. The van der Waals surface area contributed by atoms with E-state index in [9.17, 15) is 10.2 Å². The van der Waals surface area contributed by atoms with Crippen LogP contribution in [0.2, 0.25) is 0 Å². The van der Waals surface area contributed by atoms with Crippen molar-refractivity contribution in [2.45, 2.75) is 84.2 Å². The van der Waals surface area contributed by atoms with Gasteiger partial charge in [-0.1, -0.05) is 26.7 Å². The molecule has 0 radical (unpaired) electrons. The Balaban J connectivity index is 1.60. The minimum absolute atomic E-state index is 0.0547. The van der Waals surface area contributed by atoms with E-state index in [0.717, 1.165) is 30.1 Å². The first-order valence-electron chi connectivity index (χ1n) is 10.3. The highest BCUT2D eigenvalue weighted by molar-refractivity contribution is 5.09. The van der Waals surface area contributed by atoms with Crippen LogP contribution in [0.4, 0.5) is 0 Å². The van der Waals surface area contributed by atoms with Crippen LogP contribution in [0.1, 0.15) is 78.1 Å². The van der Waals surface area contributed by atoms with Gasteiger partial charge in [-0.25, -0.2) is 0 Å². The zero-order chi connectivity index (χ0) is 16.2. The lowest BCUT2D eigenvalue weighted by molar-refractivity contribution is -0.122. The van der Waals surface area contributed by atoms with Gasteiger partial charge in [-0.2, -0.15) is 0 Å². The van der Waals surface area contributed by atoms with Crippen LogP contribution in [-0.4, -0.2) is 22.9 Å². The van der Waals surface area contributed by atoms with E-state index in [-0.39, 0.29) is 12.0 Å². The monoisotopic (exact) mass is 320 g/mol. The van der Waals surface area contributed by atoms with Crippen molar-refractivity contribution in [3.05, 3.63) is 0 Å². The lowest BCUT2D eigenvalue weighted by Gasteiger charge is -2.60. The SMILES string of the molecule is C[C@]12CC[C@H]3[C@@H](CCC4CCCC[C@@]43C)[C@@H]1CC[C@@H]2C(O)CO. The van der Waals surface area contributed by atoms with Gasteiger partial charge in [0.25, 0.3) is 0 Å². The Bertz CT molecular complexity index is 449. The summed E-state index contributed by atoms with van der Waals surface area (Å²) in [6.07, 6.45) is 13.3. The molecule has 0 aromatic heterocycles. The molecule has 8 atom stereocenters. The average molecular weight is 321 g/mol. The minimum atomic E-state index is -0.497. The maximum absolute atomic E-state index is 10.3. The third-order valence-corrected chi connectivity index (χ3v) is 9.31. The number of hydrogen-bond acceptors (Lipinski definition) is 2. The van der Waals surface area contributed by atoms with Gasteiger partial charge in [-0.3, -0.25) is 0 Å². The van der Waals surface area contributed by atoms with E-state index >= 15 is 0 Å². The summed E-state index contributed by atoms with van der Waals surface area (Å²) < 4.78 is 0. The lowest BCUT2D eigenvalue weighted by Crippen LogP contribution is -2.53. The first-order chi connectivity index (χ1) is 11.0. The topological polar surface area (TPSA) is 40.5 Å². The van der Waals surface area contributed by atoms with Crippen molar-refractivity contribution in [1.82, 2.24) is 0 Å². The second kappa shape index (κ2) is 5.73. The van der Waals surface area contributed by atoms with Crippen LogP contribution >= 0.6 is 0 Å². The normalized spacial score (nSPS) is 54.0. The third kappa shape index (κ3) is 2.27. The smallest absolute Gasteiger partial charge is 0.0804 e. The molecule has 0 aliphatic heterocycles. The second-order valence-electron chi connectivity index (χ2n) is 9.88. The lowest BCUT2D eigenvalue weighted by atomic mass is 9.45. The van der Waals surface area contributed by atoms with Gasteiger partial charge in [-0.15, -0.1) is 0 Å². The molecule has 0 amide bonds. The fourth-order valence-electron chi connectivity index (χ4n) is 8.10. The first-order valence-corrected chi connectivity index (χ1v) is 10.3. The molecule has 132 valence electrons. The summed E-state index contributed by atoms with van der Waals surface area (Å²) in [6.45, 7) is 5.02. The van der Waals surface area contributed by atoms with Crippen molar-refractivity contribution in [2.75, 3.05) is 6.61 Å². The van der Waals surface area contributed by atoms with Gasteiger partial charge in [0.2, 0.25) is 0 Å². The van der Waals surface area contributed by atoms with E-state index in [0.29, 0.717) is 11.3 Å². The van der Waals surface area contributed by atoms with E-state index in [4.69, 9.17) is 0 Å². The Morgan fingerprint density at radius 3 is 2.43 bits per heavy atom. The number of hydrogen-bond donors (Lipinski definition) is 2. The maximum Gasteiger partial charge on any atom is 0.0804 e. The summed E-state index contributed by atoms with van der Waals surface area (Å²) in [5.41, 5.74) is 0.886. The molecule has 4 aliphatic rings. The van der Waals surface area contributed by atoms with Crippen LogP contribution in [0.15, 0.2) is 0 Å². The Morgan fingerprint density at radius 2 is 1.65 bits per heavy atom. The van der Waals surface area contributed by atoms with Crippen molar-refractivity contribution >= 4 is 0 Å². The van der Waals surface area contributed by atoms with Crippen molar-refractivity contribution in [3.8, 4) is 0 Å². The Morgan fingerprint density at radius 1 is 0.870 bits per heavy atom. The molecule has 4 saturated carbocycles. The summed E-state index contributed by atoms with van der Waals surface area (Å²) in [7, 11) is 0. The van der Waals surface area contributed by atoms with Gasteiger partial charge in [-0.05, 0) is 91.8 Å². The van der Waals surface area contributed by atoms with Crippen LogP contribution in [0.5, 0.6) is 0 Å². The van der Waals surface area contributed by atoms with Gasteiger partial charge in [0.15, 0.2) is 0 Å². The maximum atomic E-state index is 10.3. The zero-order valence-electron chi connectivity index (χ0n) is 15.1. The first kappa shape index (κ1) is 16.4. The molecule has 0 aromatic rings. The molecule has 0 heterocycles. The van der Waals surface area contributed by atoms with Crippen molar-refractivity contribution in [1.29, 1.82) is 0 Å². The van der Waals surface area contributed by atoms with Crippen molar-refractivity contribution in [3.63, 3.8) is 0 Å². The summed E-state index contributed by atoms with van der Waals surface area (Å²) >= 11 is 0. The molecule has 0 aromatic carbocycles. The van der Waals surface area contributed by atoms with Gasteiger partial charge in [0.05, 0.1) is 12.7 Å². The summed E-state index contributed by atoms with van der Waals surface area (Å²) in [5.74, 6) is 3.94. The Kier molecular flexibility index (Phi) is 4.08. The van der Waals surface area contributed by atoms with E-state index in [1.165, 1.54) is 57.8 Å². The summed E-state index contributed by atoms with van der Waals surface area (Å²) in [5, 5.41) is 19.8. The highest BCUT2D eigenvalue weighted by Gasteiger charge is 2.60. The molecule has 2 N–H and O–H groups in total. The zero-order valence-corrected chi connectivity index (χ0v) is 15.1. The predicted octanol–water partition coefficient (Wildman–Crippen LogP) is 4.39. The van der Waals surface area contributed by atoms with Crippen LogP contribution < -0.4 is 0 Å². The third-order valence-electron chi connectivity index (χ3n) is 9.31. The molecule has 2 heteroatoms. The van der Waals surface area contributed by atoms with Crippen LogP contribution in [0, 0.1) is 40.4 Å². The molecule has 2 unspecified atom stereocenters. The number of rotatable bonds is 2. The fraction of sp³-hybridized carbons (Fsp3) is 1.00. The van der Waals surface area contributed by atoms with E-state index < -0.39 is 6.10 Å². The molecule has 4 rings (SSSR count). The van der Waals surface area contributed by atoms with Crippen molar-refractivity contribution < 1.29 is 10.2 Å². The van der Waals surface area contributed by atoms with Crippen LogP contribution in [0.25, 0.3) is 0 Å². The fourth-order valence-corrected chi connectivity index (χ4v) is 8.10. The van der Waals surface area contributed by atoms with Gasteiger partial charge in [0, 0.05) is 0 Å².